The van der Waals surface area contributed by atoms with Crippen LogP contribution in [0.4, 0.5) is 0 Å². The number of hydrogen-bond acceptors (Lipinski definition) is 3. The Morgan fingerprint density at radius 1 is 1.33 bits per heavy atom. The van der Waals surface area contributed by atoms with Crippen LogP contribution in [0, 0.1) is 13.8 Å². The third kappa shape index (κ3) is 2.62. The van der Waals surface area contributed by atoms with Crippen molar-refractivity contribution < 1.29 is 0 Å². The molecule has 0 aliphatic rings. The molecule has 0 radical (unpaired) electrons. The van der Waals surface area contributed by atoms with E-state index >= 15 is 0 Å². The van der Waals surface area contributed by atoms with Gasteiger partial charge in [0.25, 0.3) is 0 Å². The monoisotopic (exact) mass is 308 g/mol. The average Bonchev–Trinajstić information content (AvgIpc) is 2.64. The fourth-order valence-electron chi connectivity index (χ4n) is 2.01. The number of nitrogens with zero attached hydrogens (tertiary/aromatic N) is 3. The summed E-state index contributed by atoms with van der Waals surface area (Å²) in [4.78, 5) is 0. The number of nitrogens with two attached hydrogens (primary N) is 1. The van der Waals surface area contributed by atoms with Gasteiger partial charge in [-0.25, -0.2) is 4.68 Å². The van der Waals surface area contributed by atoms with Crippen LogP contribution in [-0.2, 0) is 13.5 Å². The lowest BCUT2D eigenvalue weighted by Gasteiger charge is -2.13. The molecule has 0 saturated carbocycles. The molecule has 2 N–H and O–H groups in total. The quantitative estimate of drug-likeness (QED) is 0.947. The van der Waals surface area contributed by atoms with Crippen LogP contribution in [0.1, 0.15) is 28.4 Å². The lowest BCUT2D eigenvalue weighted by atomic mass is 10.00. The maximum Gasteiger partial charge on any atom is 0.153 e. The molecule has 0 bridgehead atoms. The van der Waals surface area contributed by atoms with E-state index in [1.807, 2.05) is 7.05 Å². The van der Waals surface area contributed by atoms with Gasteiger partial charge < -0.3 is 5.73 Å². The number of aryl methyl sites for hydroxylation is 3. The summed E-state index contributed by atoms with van der Waals surface area (Å²) >= 11 is 3.38. The van der Waals surface area contributed by atoms with Gasteiger partial charge in [0.15, 0.2) is 4.60 Å². The summed E-state index contributed by atoms with van der Waals surface area (Å²) in [6.07, 6.45) is 0.779. The average molecular weight is 309 g/mol. The van der Waals surface area contributed by atoms with Crippen molar-refractivity contribution in [2.75, 3.05) is 0 Å². The molecule has 1 heterocycles. The van der Waals surface area contributed by atoms with E-state index in [2.05, 4.69) is 58.3 Å². The highest BCUT2D eigenvalue weighted by Gasteiger charge is 2.16. The summed E-state index contributed by atoms with van der Waals surface area (Å²) in [7, 11) is 1.85. The van der Waals surface area contributed by atoms with Crippen molar-refractivity contribution in [2.24, 2.45) is 12.8 Å². The number of benzene rings is 1. The lowest BCUT2D eigenvalue weighted by Crippen LogP contribution is -2.17. The van der Waals surface area contributed by atoms with Crippen LogP contribution in [0.15, 0.2) is 22.8 Å². The molecule has 1 atom stereocenters. The van der Waals surface area contributed by atoms with Gasteiger partial charge in [0.1, 0.15) is 0 Å². The van der Waals surface area contributed by atoms with Crippen LogP contribution in [0.3, 0.4) is 0 Å². The van der Waals surface area contributed by atoms with Gasteiger partial charge in [0, 0.05) is 7.05 Å². The van der Waals surface area contributed by atoms with Gasteiger partial charge in [0.2, 0.25) is 0 Å². The van der Waals surface area contributed by atoms with Crippen LogP contribution < -0.4 is 5.73 Å². The topological polar surface area (TPSA) is 56.7 Å². The molecule has 0 amide bonds. The molecule has 0 spiro atoms. The third-order valence-electron chi connectivity index (χ3n) is 3.20. The molecule has 2 aromatic rings. The predicted octanol–water partition coefficient (Wildman–Crippen LogP) is 2.44. The summed E-state index contributed by atoms with van der Waals surface area (Å²) in [5.41, 5.74) is 11.0. The fourth-order valence-corrected chi connectivity index (χ4v) is 2.63. The molecule has 4 nitrogen and oxygen atoms in total. The third-order valence-corrected chi connectivity index (χ3v) is 3.77. The Bertz CT molecular complexity index is 543. The van der Waals surface area contributed by atoms with Gasteiger partial charge in [-0.3, -0.25) is 0 Å². The minimum atomic E-state index is -0.110. The highest BCUT2D eigenvalue weighted by atomic mass is 79.9. The number of aromatic nitrogens is 3. The molecule has 2 rings (SSSR count). The largest absolute Gasteiger partial charge is 0.322 e. The Morgan fingerprint density at radius 3 is 2.61 bits per heavy atom. The maximum atomic E-state index is 6.23. The highest BCUT2D eigenvalue weighted by molar-refractivity contribution is 9.10. The number of hydrogen-bond donors (Lipinski definition) is 1. The normalized spacial score (nSPS) is 12.7. The van der Waals surface area contributed by atoms with Crippen LogP contribution in [0.5, 0.6) is 0 Å². The zero-order chi connectivity index (χ0) is 13.3. The summed E-state index contributed by atoms with van der Waals surface area (Å²) < 4.78 is 2.44. The van der Waals surface area contributed by atoms with E-state index in [0.29, 0.717) is 0 Å². The van der Waals surface area contributed by atoms with E-state index in [0.717, 1.165) is 16.7 Å². The van der Waals surface area contributed by atoms with Gasteiger partial charge in [-0.2, -0.15) is 0 Å². The minimum absolute atomic E-state index is 0.110. The van der Waals surface area contributed by atoms with Gasteiger partial charge in [-0.1, -0.05) is 23.4 Å². The summed E-state index contributed by atoms with van der Waals surface area (Å²) in [6.45, 7) is 4.23. The molecule has 0 aliphatic heterocycles. The standard InChI is InChI=1S/C13H17BrN4/c1-8-4-5-10(6-9(8)2)7-11(15)12-13(14)16-17-18(12)3/h4-6,11H,7,15H2,1-3H3. The molecule has 0 aliphatic carbocycles. The molecule has 1 aromatic carbocycles. The van der Waals surface area contributed by atoms with Crippen molar-refractivity contribution in [3.05, 3.63) is 45.2 Å². The van der Waals surface area contributed by atoms with Gasteiger partial charge in [0.05, 0.1) is 11.7 Å². The Morgan fingerprint density at radius 2 is 2.06 bits per heavy atom. The first kappa shape index (κ1) is 13.2. The maximum absolute atomic E-state index is 6.23. The second kappa shape index (κ2) is 5.20. The first-order valence-corrected chi connectivity index (χ1v) is 6.65. The van der Waals surface area contributed by atoms with E-state index in [9.17, 15) is 0 Å². The lowest BCUT2D eigenvalue weighted by molar-refractivity contribution is 0.606. The van der Waals surface area contributed by atoms with Crippen molar-refractivity contribution in [1.82, 2.24) is 15.0 Å². The van der Waals surface area contributed by atoms with Crippen molar-refractivity contribution in [1.29, 1.82) is 0 Å². The predicted molar refractivity (Wildman–Crippen MR) is 75.3 cm³/mol. The molecule has 96 valence electrons. The van der Waals surface area contributed by atoms with Crippen LogP contribution in [0.25, 0.3) is 0 Å². The van der Waals surface area contributed by atoms with Gasteiger partial charge in [-0.15, -0.1) is 5.10 Å². The van der Waals surface area contributed by atoms with Gasteiger partial charge >= 0.3 is 0 Å². The molecule has 1 aromatic heterocycles. The SMILES string of the molecule is Cc1ccc(CC(N)c2c(Br)nnn2C)cc1C. The van der Waals surface area contributed by atoms with Crippen molar-refractivity contribution >= 4 is 15.9 Å². The van der Waals surface area contributed by atoms with E-state index in [-0.39, 0.29) is 6.04 Å². The highest BCUT2D eigenvalue weighted by Crippen LogP contribution is 2.22. The molecule has 18 heavy (non-hydrogen) atoms. The van der Waals surface area contributed by atoms with E-state index in [1.165, 1.54) is 16.7 Å². The van der Waals surface area contributed by atoms with Crippen LogP contribution in [-0.4, -0.2) is 15.0 Å². The second-order valence-corrected chi connectivity index (χ2v) is 5.37. The Balaban J connectivity index is 2.21. The summed E-state index contributed by atoms with van der Waals surface area (Å²) in [5.74, 6) is 0. The van der Waals surface area contributed by atoms with Crippen LogP contribution in [0.2, 0.25) is 0 Å². The van der Waals surface area contributed by atoms with Crippen molar-refractivity contribution in [2.45, 2.75) is 26.3 Å². The smallest absolute Gasteiger partial charge is 0.153 e. The Labute approximate surface area is 115 Å². The first-order valence-electron chi connectivity index (χ1n) is 5.86. The van der Waals surface area contributed by atoms with Crippen molar-refractivity contribution in [3.63, 3.8) is 0 Å². The van der Waals surface area contributed by atoms with Gasteiger partial charge in [-0.05, 0) is 52.9 Å². The van der Waals surface area contributed by atoms with E-state index in [1.54, 1.807) is 4.68 Å². The number of rotatable bonds is 3. The molecular weight excluding hydrogens is 292 g/mol. The summed E-state index contributed by atoms with van der Waals surface area (Å²) in [5, 5.41) is 7.91. The molecule has 5 heteroatoms. The molecule has 1 unspecified atom stereocenters. The molecule has 0 fully saturated rings. The fraction of sp³-hybridized carbons (Fsp3) is 0.385. The molecular formula is C13H17BrN4. The number of halogens is 1. The van der Waals surface area contributed by atoms with Crippen LogP contribution >= 0.6 is 15.9 Å². The first-order chi connectivity index (χ1) is 8.49. The van der Waals surface area contributed by atoms with E-state index < -0.39 is 0 Å². The zero-order valence-electron chi connectivity index (χ0n) is 10.8. The zero-order valence-corrected chi connectivity index (χ0v) is 12.4. The second-order valence-electron chi connectivity index (χ2n) is 4.62. The molecule has 0 saturated heterocycles. The Kier molecular flexibility index (Phi) is 3.82. The van der Waals surface area contributed by atoms with Crippen molar-refractivity contribution in [3.8, 4) is 0 Å². The van der Waals surface area contributed by atoms with E-state index in [4.69, 9.17) is 5.73 Å². The Hall–Kier alpha value is -1.20. The minimum Gasteiger partial charge on any atom is -0.322 e. The summed E-state index contributed by atoms with van der Waals surface area (Å²) in [6, 6.07) is 6.34.